The van der Waals surface area contributed by atoms with Crippen molar-refractivity contribution in [3.63, 3.8) is 0 Å². The van der Waals surface area contributed by atoms with Crippen LogP contribution in [0.3, 0.4) is 0 Å². The highest BCUT2D eigenvalue weighted by Crippen LogP contribution is 2.24. The van der Waals surface area contributed by atoms with E-state index in [0.717, 1.165) is 16.7 Å². The van der Waals surface area contributed by atoms with Gasteiger partial charge in [0, 0.05) is 36.2 Å². The Kier molecular flexibility index (Phi) is 7.80. The zero-order valence-corrected chi connectivity index (χ0v) is 18.3. The van der Waals surface area contributed by atoms with Gasteiger partial charge in [-0.1, -0.05) is 0 Å². The summed E-state index contributed by atoms with van der Waals surface area (Å²) in [4.78, 5) is 33.0. The molecule has 1 fully saturated rings. The Bertz CT molecular complexity index is 1070. The van der Waals surface area contributed by atoms with Gasteiger partial charge in [-0.3, -0.25) is 19.9 Å². The van der Waals surface area contributed by atoms with Crippen LogP contribution in [0, 0.1) is 6.92 Å². The molecule has 0 spiro atoms. The molecule has 3 aromatic rings. The minimum Gasteiger partial charge on any atom is -0.461 e. The number of fused-ring (bicyclic) bond motifs is 1. The number of hydrogen-bond acceptors (Lipinski definition) is 7. The van der Waals surface area contributed by atoms with E-state index in [2.05, 4.69) is 39.0 Å². The molecular formula is C22H25N5O3S. The number of guanidine groups is 1. The molecule has 0 aliphatic carbocycles. The lowest BCUT2D eigenvalue weighted by Gasteiger charge is -2.20. The lowest BCUT2D eigenvalue weighted by atomic mass is 10.2. The SMILES string of the molecule is CN1CCSCC1.Cc1cc2cc(N=C(N)NC(=O)c3ccc(C=O)nc3)ccc2o1. The van der Waals surface area contributed by atoms with Crippen molar-refractivity contribution < 1.29 is 14.0 Å². The van der Waals surface area contributed by atoms with Crippen LogP contribution in [-0.2, 0) is 0 Å². The van der Waals surface area contributed by atoms with Crippen LogP contribution in [0.25, 0.3) is 11.0 Å². The van der Waals surface area contributed by atoms with Crippen LogP contribution in [0.15, 0.2) is 52.0 Å². The summed E-state index contributed by atoms with van der Waals surface area (Å²) in [6.45, 7) is 4.43. The second kappa shape index (κ2) is 10.7. The number of pyridine rings is 1. The van der Waals surface area contributed by atoms with E-state index >= 15 is 0 Å². The Labute approximate surface area is 184 Å². The Morgan fingerprint density at radius 3 is 2.65 bits per heavy atom. The van der Waals surface area contributed by atoms with Gasteiger partial charge in [-0.05, 0) is 50.4 Å². The van der Waals surface area contributed by atoms with Gasteiger partial charge in [0.2, 0.25) is 5.96 Å². The summed E-state index contributed by atoms with van der Waals surface area (Å²) in [6, 6.07) is 10.2. The summed E-state index contributed by atoms with van der Waals surface area (Å²) in [5.74, 6) is 2.96. The Balaban J connectivity index is 0.000000330. The number of aromatic nitrogens is 1. The van der Waals surface area contributed by atoms with E-state index in [9.17, 15) is 9.59 Å². The van der Waals surface area contributed by atoms with Crippen molar-refractivity contribution in [3.8, 4) is 0 Å². The lowest BCUT2D eigenvalue weighted by molar-refractivity contribution is 0.0975. The topological polar surface area (TPSA) is 114 Å². The molecule has 3 heterocycles. The number of benzene rings is 1. The van der Waals surface area contributed by atoms with Gasteiger partial charge in [-0.25, -0.2) is 4.99 Å². The third kappa shape index (κ3) is 6.66. The second-order valence-electron chi connectivity index (χ2n) is 7.04. The number of aldehydes is 1. The van der Waals surface area contributed by atoms with E-state index < -0.39 is 5.91 Å². The molecule has 1 aromatic carbocycles. The molecule has 2 aromatic heterocycles. The standard InChI is InChI=1S/C17H14N4O3.C5H11NS/c1-10-6-12-7-13(4-5-15(12)24-10)20-17(18)21-16(23)11-2-3-14(9-22)19-8-11;1-6-2-4-7-5-3-6/h2-9H,1H3,(H3,18,20,21,23);2-5H2,1H3. The molecule has 1 aliphatic heterocycles. The molecule has 162 valence electrons. The first-order valence-electron chi connectivity index (χ1n) is 9.78. The minimum atomic E-state index is -0.457. The zero-order valence-electron chi connectivity index (χ0n) is 17.5. The molecular weight excluding hydrogens is 414 g/mol. The number of aliphatic imine (C=N–C) groups is 1. The van der Waals surface area contributed by atoms with E-state index in [0.29, 0.717) is 12.0 Å². The van der Waals surface area contributed by atoms with Gasteiger partial charge in [0.15, 0.2) is 6.29 Å². The molecule has 1 saturated heterocycles. The molecule has 4 rings (SSSR count). The van der Waals surface area contributed by atoms with E-state index in [1.807, 2.05) is 19.1 Å². The quantitative estimate of drug-likeness (QED) is 0.366. The molecule has 0 atom stereocenters. The van der Waals surface area contributed by atoms with Gasteiger partial charge >= 0.3 is 0 Å². The zero-order chi connectivity index (χ0) is 22.2. The van der Waals surface area contributed by atoms with Gasteiger partial charge < -0.3 is 15.1 Å². The number of nitrogens with one attached hydrogen (secondary N) is 1. The van der Waals surface area contributed by atoms with Crippen LogP contribution in [-0.4, -0.2) is 59.7 Å². The number of nitrogens with zero attached hydrogens (tertiary/aromatic N) is 3. The van der Waals surface area contributed by atoms with Gasteiger partial charge in [0.25, 0.3) is 5.91 Å². The number of amides is 1. The third-order valence-electron chi connectivity index (χ3n) is 4.52. The summed E-state index contributed by atoms with van der Waals surface area (Å²) >= 11 is 2.06. The van der Waals surface area contributed by atoms with E-state index in [1.165, 1.54) is 42.9 Å². The van der Waals surface area contributed by atoms with Crippen molar-refractivity contribution in [2.24, 2.45) is 10.7 Å². The number of thioether (sulfide) groups is 1. The fourth-order valence-electron chi connectivity index (χ4n) is 2.85. The first-order chi connectivity index (χ1) is 14.9. The molecule has 1 amide bonds. The first kappa shape index (κ1) is 22.5. The predicted molar refractivity (Wildman–Crippen MR) is 124 cm³/mol. The fraction of sp³-hybridized carbons (Fsp3) is 0.273. The largest absolute Gasteiger partial charge is 0.461 e. The molecule has 31 heavy (non-hydrogen) atoms. The lowest BCUT2D eigenvalue weighted by Crippen LogP contribution is -2.36. The highest BCUT2D eigenvalue weighted by molar-refractivity contribution is 7.99. The van der Waals surface area contributed by atoms with E-state index in [1.54, 1.807) is 12.1 Å². The van der Waals surface area contributed by atoms with Crippen LogP contribution in [0.4, 0.5) is 5.69 Å². The molecule has 0 saturated carbocycles. The van der Waals surface area contributed by atoms with Gasteiger partial charge in [-0.2, -0.15) is 11.8 Å². The highest BCUT2D eigenvalue weighted by Gasteiger charge is 2.08. The third-order valence-corrected chi connectivity index (χ3v) is 5.46. The number of carbonyl (C=O) groups excluding carboxylic acids is 2. The Morgan fingerprint density at radius 2 is 2.03 bits per heavy atom. The van der Waals surface area contributed by atoms with Gasteiger partial charge in [0.05, 0.1) is 11.3 Å². The van der Waals surface area contributed by atoms with Crippen molar-refractivity contribution in [2.45, 2.75) is 6.92 Å². The molecule has 1 aliphatic rings. The molecule has 0 radical (unpaired) electrons. The van der Waals surface area contributed by atoms with Crippen molar-refractivity contribution >= 4 is 46.6 Å². The number of hydrogen-bond donors (Lipinski definition) is 2. The van der Waals surface area contributed by atoms with Crippen LogP contribution in [0.2, 0.25) is 0 Å². The number of furan rings is 1. The normalized spacial score (nSPS) is 14.6. The summed E-state index contributed by atoms with van der Waals surface area (Å²) in [5, 5.41) is 3.38. The summed E-state index contributed by atoms with van der Waals surface area (Å²) in [5.41, 5.74) is 7.64. The summed E-state index contributed by atoms with van der Waals surface area (Å²) in [7, 11) is 2.18. The predicted octanol–water partition coefficient (Wildman–Crippen LogP) is 2.99. The van der Waals surface area contributed by atoms with Crippen LogP contribution in [0.5, 0.6) is 0 Å². The Morgan fingerprint density at radius 1 is 1.26 bits per heavy atom. The maximum atomic E-state index is 12.0. The maximum Gasteiger partial charge on any atom is 0.259 e. The van der Waals surface area contributed by atoms with Crippen molar-refractivity contribution in [1.29, 1.82) is 0 Å². The highest BCUT2D eigenvalue weighted by atomic mass is 32.2. The average molecular weight is 440 g/mol. The van der Waals surface area contributed by atoms with Crippen LogP contribution in [0.1, 0.15) is 26.6 Å². The smallest absolute Gasteiger partial charge is 0.259 e. The average Bonchev–Trinajstić information content (AvgIpc) is 3.14. The van der Waals surface area contributed by atoms with Crippen LogP contribution >= 0.6 is 11.8 Å². The second-order valence-corrected chi connectivity index (χ2v) is 8.26. The van der Waals surface area contributed by atoms with Crippen molar-refractivity contribution in [1.82, 2.24) is 15.2 Å². The monoisotopic (exact) mass is 439 g/mol. The number of rotatable bonds is 3. The maximum absolute atomic E-state index is 12.0. The number of carbonyl (C=O) groups is 2. The summed E-state index contributed by atoms with van der Waals surface area (Å²) < 4.78 is 5.49. The number of aryl methyl sites for hydroxylation is 1. The molecule has 3 N–H and O–H groups in total. The minimum absolute atomic E-state index is 0.0426. The van der Waals surface area contributed by atoms with Crippen molar-refractivity contribution in [3.05, 3.63) is 59.6 Å². The first-order valence-corrected chi connectivity index (χ1v) is 10.9. The molecule has 0 bridgehead atoms. The van der Waals surface area contributed by atoms with E-state index in [4.69, 9.17) is 10.2 Å². The summed E-state index contributed by atoms with van der Waals surface area (Å²) in [6.07, 6.45) is 1.90. The van der Waals surface area contributed by atoms with Crippen molar-refractivity contribution in [2.75, 3.05) is 31.6 Å². The fourth-order valence-corrected chi connectivity index (χ4v) is 3.94. The molecule has 0 unspecified atom stereocenters. The van der Waals surface area contributed by atoms with E-state index in [-0.39, 0.29) is 17.2 Å². The Hall–Kier alpha value is -3.17. The van der Waals surface area contributed by atoms with Crippen LogP contribution < -0.4 is 11.1 Å². The number of nitrogens with two attached hydrogens (primary N) is 1. The van der Waals surface area contributed by atoms with Gasteiger partial charge in [0.1, 0.15) is 17.0 Å². The van der Waals surface area contributed by atoms with Gasteiger partial charge in [-0.15, -0.1) is 0 Å². The molecule has 9 heteroatoms. The molecule has 8 nitrogen and oxygen atoms in total.